The highest BCUT2D eigenvalue weighted by atomic mass is 28.3. The molecule has 3 aromatic rings. The number of rotatable bonds is 4. The Bertz CT molecular complexity index is 985. The summed E-state index contributed by atoms with van der Waals surface area (Å²) in [6, 6.07) is 9.11. The van der Waals surface area contributed by atoms with E-state index in [2.05, 4.69) is 53.5 Å². The molecule has 0 saturated carbocycles. The summed E-state index contributed by atoms with van der Waals surface area (Å²) >= 11 is 0. The molecule has 2 heterocycles. The molecule has 3 rings (SSSR count). The third kappa shape index (κ3) is 3.22. The fraction of sp³-hybridized carbons (Fsp3) is 0.333. The second-order valence-corrected chi connectivity index (χ2v) is 18.2. The first kappa shape index (κ1) is 18.5. The van der Waals surface area contributed by atoms with E-state index in [-0.39, 0.29) is 17.4 Å². The summed E-state index contributed by atoms with van der Waals surface area (Å²) in [5.41, 5.74) is 9.14. The van der Waals surface area contributed by atoms with Crippen LogP contribution in [0, 0.1) is 0 Å². The number of benzene rings is 1. The van der Waals surface area contributed by atoms with Crippen molar-refractivity contribution in [3.8, 4) is 0 Å². The Morgan fingerprint density at radius 2 is 1.58 bits per heavy atom. The van der Waals surface area contributed by atoms with Crippen molar-refractivity contribution < 1.29 is 4.79 Å². The van der Waals surface area contributed by atoms with E-state index < -0.39 is 16.3 Å². The van der Waals surface area contributed by atoms with Crippen molar-refractivity contribution in [3.05, 3.63) is 41.6 Å². The normalized spacial score (nSPS) is 12.5. The highest BCUT2D eigenvalue weighted by Crippen LogP contribution is 2.22. The third-order valence-electron chi connectivity index (χ3n) is 4.12. The predicted molar refractivity (Wildman–Crippen MR) is 111 cm³/mol. The van der Waals surface area contributed by atoms with E-state index >= 15 is 0 Å². The largest absolute Gasteiger partial charge is 0.368 e. The first-order valence-corrected chi connectivity index (χ1v) is 15.6. The number of carbonyl (C=O) groups excluding carboxylic acids is 1. The van der Waals surface area contributed by atoms with Gasteiger partial charge in [-0.15, -0.1) is 0 Å². The standard InChI is InChI=1S/C18H25N5OSi2/c1-25(2,3)18-21-14-13(15(24)12-10-8-7-9-11-12)20-17(19)22-16(14)23(18)26(4,5)6/h7-11H,1-6H3,(H2,19,20,22). The maximum absolute atomic E-state index is 13.1. The highest BCUT2D eigenvalue weighted by molar-refractivity contribution is 6.90. The maximum atomic E-state index is 13.1. The van der Waals surface area contributed by atoms with Crippen LogP contribution in [-0.2, 0) is 0 Å². The van der Waals surface area contributed by atoms with E-state index in [4.69, 9.17) is 10.7 Å². The SMILES string of the molecule is C[Si](C)(C)c1nc2c(C(=O)c3ccccc3)nc(N)nc2n1[Si](C)(C)C. The van der Waals surface area contributed by atoms with Crippen LogP contribution in [0.3, 0.4) is 0 Å². The highest BCUT2D eigenvalue weighted by Gasteiger charge is 2.33. The van der Waals surface area contributed by atoms with Gasteiger partial charge in [0.1, 0.15) is 19.3 Å². The maximum Gasteiger partial charge on any atom is 0.222 e. The van der Waals surface area contributed by atoms with Crippen LogP contribution in [-0.4, -0.2) is 41.3 Å². The second kappa shape index (κ2) is 6.13. The Kier molecular flexibility index (Phi) is 4.36. The summed E-state index contributed by atoms with van der Waals surface area (Å²) < 4.78 is 2.26. The van der Waals surface area contributed by atoms with Gasteiger partial charge in [-0.25, -0.2) is 9.97 Å². The summed E-state index contributed by atoms with van der Waals surface area (Å²) in [5, 5.41) is 0. The van der Waals surface area contributed by atoms with Crippen LogP contribution in [0.4, 0.5) is 5.95 Å². The first-order valence-electron chi connectivity index (χ1n) is 8.67. The van der Waals surface area contributed by atoms with Gasteiger partial charge < -0.3 is 9.97 Å². The number of nitrogens with zero attached hydrogens (tertiary/aromatic N) is 4. The molecule has 0 bridgehead atoms. The van der Waals surface area contributed by atoms with E-state index in [9.17, 15) is 4.79 Å². The van der Waals surface area contributed by atoms with Gasteiger partial charge in [-0.3, -0.25) is 4.79 Å². The Balaban J connectivity index is 2.37. The van der Waals surface area contributed by atoms with Crippen LogP contribution < -0.4 is 11.2 Å². The minimum Gasteiger partial charge on any atom is -0.368 e. The van der Waals surface area contributed by atoms with E-state index in [0.29, 0.717) is 16.7 Å². The number of carbonyl (C=O) groups is 1. The summed E-state index contributed by atoms with van der Waals surface area (Å²) in [6.07, 6.45) is 0. The monoisotopic (exact) mass is 383 g/mol. The molecule has 8 heteroatoms. The molecule has 2 N–H and O–H groups in total. The molecular formula is C18H25N5OSi2. The van der Waals surface area contributed by atoms with Crippen LogP contribution >= 0.6 is 0 Å². The second-order valence-electron chi connectivity index (χ2n) is 8.49. The average Bonchev–Trinajstić information content (AvgIpc) is 2.94. The molecule has 26 heavy (non-hydrogen) atoms. The van der Waals surface area contributed by atoms with Crippen molar-refractivity contribution in [1.29, 1.82) is 0 Å². The summed E-state index contributed by atoms with van der Waals surface area (Å²) in [4.78, 5) is 26.7. The molecule has 0 unspecified atom stereocenters. The lowest BCUT2D eigenvalue weighted by Crippen LogP contribution is -2.51. The molecular weight excluding hydrogens is 358 g/mol. The topological polar surface area (TPSA) is 86.7 Å². The van der Waals surface area contributed by atoms with Gasteiger partial charge in [0.05, 0.1) is 5.45 Å². The molecule has 1 aromatic carbocycles. The fourth-order valence-corrected chi connectivity index (χ4v) is 7.71. The molecule has 0 aliphatic rings. The molecule has 136 valence electrons. The van der Waals surface area contributed by atoms with Crippen molar-refractivity contribution in [2.24, 2.45) is 0 Å². The third-order valence-corrected chi connectivity index (χ3v) is 7.78. The van der Waals surface area contributed by atoms with Crippen LogP contribution in [0.15, 0.2) is 30.3 Å². The van der Waals surface area contributed by atoms with Crippen molar-refractivity contribution in [2.75, 3.05) is 5.73 Å². The van der Waals surface area contributed by atoms with Gasteiger partial charge in [0.25, 0.3) is 0 Å². The van der Waals surface area contributed by atoms with E-state index in [0.717, 1.165) is 5.45 Å². The Hall–Kier alpha value is -2.33. The molecule has 2 aromatic heterocycles. The van der Waals surface area contributed by atoms with Gasteiger partial charge in [-0.1, -0.05) is 69.6 Å². The van der Waals surface area contributed by atoms with Gasteiger partial charge >= 0.3 is 0 Å². The molecule has 0 spiro atoms. The van der Waals surface area contributed by atoms with Gasteiger partial charge in [-0.2, -0.15) is 4.98 Å². The molecule has 0 fully saturated rings. The first-order chi connectivity index (χ1) is 12.0. The molecule has 0 saturated heterocycles. The molecule has 0 radical (unpaired) electrons. The quantitative estimate of drug-likeness (QED) is 0.553. The van der Waals surface area contributed by atoms with E-state index in [1.807, 2.05) is 18.2 Å². The minimum atomic E-state index is -1.83. The van der Waals surface area contributed by atoms with Gasteiger partial charge in [-0.05, 0) is 0 Å². The zero-order valence-electron chi connectivity index (χ0n) is 16.2. The van der Waals surface area contributed by atoms with Crippen molar-refractivity contribution in [3.63, 3.8) is 0 Å². The minimum absolute atomic E-state index is 0.110. The zero-order valence-corrected chi connectivity index (χ0v) is 18.2. The number of hydrogen-bond donors (Lipinski definition) is 1. The van der Waals surface area contributed by atoms with Gasteiger partial charge in [0, 0.05) is 5.56 Å². The number of fused-ring (bicyclic) bond motifs is 1. The molecule has 0 aliphatic heterocycles. The lowest BCUT2D eigenvalue weighted by molar-refractivity contribution is 0.103. The van der Waals surface area contributed by atoms with Crippen molar-refractivity contribution in [1.82, 2.24) is 19.2 Å². The molecule has 0 aliphatic carbocycles. The van der Waals surface area contributed by atoms with Gasteiger partial charge in [0.15, 0.2) is 13.9 Å². The van der Waals surface area contributed by atoms with Crippen molar-refractivity contribution in [2.45, 2.75) is 39.3 Å². The Morgan fingerprint density at radius 3 is 2.12 bits per heavy atom. The number of ketones is 1. The summed E-state index contributed by atoms with van der Waals surface area (Å²) in [6.45, 7) is 13.5. The van der Waals surface area contributed by atoms with Crippen molar-refractivity contribution >= 4 is 44.7 Å². The van der Waals surface area contributed by atoms with Gasteiger partial charge in [0.2, 0.25) is 11.7 Å². The smallest absolute Gasteiger partial charge is 0.222 e. The Morgan fingerprint density at radius 1 is 0.962 bits per heavy atom. The van der Waals surface area contributed by atoms with Crippen LogP contribution in [0.1, 0.15) is 16.1 Å². The number of nitrogens with two attached hydrogens (primary N) is 1. The average molecular weight is 384 g/mol. The molecule has 0 atom stereocenters. The number of aromatic nitrogens is 4. The summed E-state index contributed by atoms with van der Waals surface area (Å²) in [5.74, 6) is -0.0645. The summed E-state index contributed by atoms with van der Waals surface area (Å²) in [7, 11) is -3.59. The number of hydrogen-bond acceptors (Lipinski definition) is 5. The predicted octanol–water partition coefficient (Wildman–Crippen LogP) is 2.87. The molecule has 6 nitrogen and oxygen atoms in total. The van der Waals surface area contributed by atoms with E-state index in [1.165, 1.54) is 0 Å². The molecule has 0 amide bonds. The zero-order chi connectivity index (χ0) is 19.3. The lowest BCUT2D eigenvalue weighted by Gasteiger charge is -2.26. The van der Waals surface area contributed by atoms with Crippen LogP contribution in [0.5, 0.6) is 0 Å². The Labute approximate surface area is 155 Å². The lowest BCUT2D eigenvalue weighted by atomic mass is 10.1. The number of nitrogen functional groups attached to an aromatic ring is 1. The number of imidazole rings is 1. The fourth-order valence-electron chi connectivity index (χ4n) is 3.00. The van der Waals surface area contributed by atoms with E-state index in [1.54, 1.807) is 12.1 Å². The van der Waals surface area contributed by atoms with Crippen LogP contribution in [0.2, 0.25) is 39.3 Å². The number of anilines is 1. The van der Waals surface area contributed by atoms with Crippen LogP contribution in [0.25, 0.3) is 11.2 Å².